The molecule has 0 atom stereocenters. The van der Waals surface area contributed by atoms with Gasteiger partial charge >= 0.3 is 0 Å². The molecular formula is C15H21N3OS. The summed E-state index contributed by atoms with van der Waals surface area (Å²) in [5.41, 5.74) is 4.24. The second kappa shape index (κ2) is 6.08. The molecule has 1 fully saturated rings. The highest BCUT2D eigenvalue weighted by atomic mass is 32.1. The van der Waals surface area contributed by atoms with Crippen molar-refractivity contribution in [2.75, 3.05) is 7.05 Å². The Kier molecular flexibility index (Phi) is 4.19. The van der Waals surface area contributed by atoms with E-state index in [0.717, 1.165) is 42.9 Å². The molecular weight excluding hydrogens is 270 g/mol. The summed E-state index contributed by atoms with van der Waals surface area (Å²) < 4.78 is 5.96. The van der Waals surface area contributed by atoms with E-state index in [1.54, 1.807) is 11.3 Å². The Morgan fingerprint density at radius 3 is 3.00 bits per heavy atom. The Labute approximate surface area is 123 Å². The van der Waals surface area contributed by atoms with Crippen molar-refractivity contribution in [2.24, 2.45) is 0 Å². The van der Waals surface area contributed by atoms with Gasteiger partial charge in [-0.2, -0.15) is 0 Å². The minimum absolute atomic E-state index is 0.718. The van der Waals surface area contributed by atoms with Gasteiger partial charge in [-0.25, -0.2) is 4.98 Å². The predicted molar refractivity (Wildman–Crippen MR) is 80.6 cm³/mol. The number of aryl methyl sites for hydroxylation is 1. The maximum Gasteiger partial charge on any atom is 0.120 e. The lowest BCUT2D eigenvalue weighted by Crippen LogP contribution is -2.17. The Hall–Kier alpha value is -1.17. The Morgan fingerprint density at radius 2 is 2.30 bits per heavy atom. The summed E-state index contributed by atoms with van der Waals surface area (Å²) in [6.45, 7) is 4.66. The van der Waals surface area contributed by atoms with Gasteiger partial charge in [-0.1, -0.05) is 0 Å². The van der Waals surface area contributed by atoms with Crippen molar-refractivity contribution in [3.05, 3.63) is 39.7 Å². The van der Waals surface area contributed by atoms with Gasteiger partial charge in [0.2, 0.25) is 0 Å². The molecule has 1 aliphatic carbocycles. The highest BCUT2D eigenvalue weighted by Gasteiger charge is 2.21. The van der Waals surface area contributed by atoms with E-state index in [1.807, 2.05) is 5.51 Å². The summed E-state index contributed by atoms with van der Waals surface area (Å²) in [4.78, 5) is 6.54. The monoisotopic (exact) mass is 291 g/mol. The summed E-state index contributed by atoms with van der Waals surface area (Å²) in [6.07, 6.45) is 2.62. The van der Waals surface area contributed by atoms with Crippen LogP contribution in [0.2, 0.25) is 0 Å². The van der Waals surface area contributed by atoms with Crippen LogP contribution in [0.1, 0.15) is 35.6 Å². The molecule has 1 saturated carbocycles. The average Bonchev–Trinajstić information content (AvgIpc) is 2.98. The SMILES string of the molecule is Cc1cc(CN(C)Cc2cscn2)oc1CNC1CC1. The summed E-state index contributed by atoms with van der Waals surface area (Å²) in [5.74, 6) is 2.11. The van der Waals surface area contributed by atoms with Gasteiger partial charge < -0.3 is 9.73 Å². The third-order valence-electron chi connectivity index (χ3n) is 3.54. The maximum absolute atomic E-state index is 5.96. The fraction of sp³-hybridized carbons (Fsp3) is 0.533. The van der Waals surface area contributed by atoms with E-state index in [2.05, 4.69) is 40.6 Å². The third kappa shape index (κ3) is 3.69. The van der Waals surface area contributed by atoms with E-state index < -0.39 is 0 Å². The van der Waals surface area contributed by atoms with Crippen molar-refractivity contribution in [2.45, 2.75) is 45.4 Å². The van der Waals surface area contributed by atoms with Crippen LogP contribution < -0.4 is 5.32 Å². The van der Waals surface area contributed by atoms with E-state index in [-0.39, 0.29) is 0 Å². The summed E-state index contributed by atoms with van der Waals surface area (Å²) in [7, 11) is 2.10. The minimum Gasteiger partial charge on any atom is -0.463 e. The molecule has 0 aromatic carbocycles. The second-order valence-corrected chi connectivity index (χ2v) is 6.34. The molecule has 20 heavy (non-hydrogen) atoms. The number of rotatable bonds is 7. The lowest BCUT2D eigenvalue weighted by atomic mass is 10.2. The minimum atomic E-state index is 0.718. The van der Waals surface area contributed by atoms with Crippen LogP contribution in [-0.2, 0) is 19.6 Å². The molecule has 2 heterocycles. The summed E-state index contributed by atoms with van der Waals surface area (Å²) in [5, 5.41) is 5.59. The van der Waals surface area contributed by atoms with Crippen LogP contribution in [-0.4, -0.2) is 23.0 Å². The quantitative estimate of drug-likeness (QED) is 0.851. The van der Waals surface area contributed by atoms with Gasteiger partial charge in [0.1, 0.15) is 11.5 Å². The van der Waals surface area contributed by atoms with Crippen molar-refractivity contribution in [3.8, 4) is 0 Å². The molecule has 3 rings (SSSR count). The van der Waals surface area contributed by atoms with Crippen LogP contribution in [0.15, 0.2) is 21.4 Å². The first kappa shape index (κ1) is 13.8. The molecule has 2 aromatic heterocycles. The van der Waals surface area contributed by atoms with Gasteiger partial charge in [0, 0.05) is 18.0 Å². The predicted octanol–water partition coefficient (Wildman–Crippen LogP) is 2.93. The number of aromatic nitrogens is 1. The zero-order chi connectivity index (χ0) is 13.9. The molecule has 1 N–H and O–H groups in total. The lowest BCUT2D eigenvalue weighted by molar-refractivity contribution is 0.280. The smallest absolute Gasteiger partial charge is 0.120 e. The highest BCUT2D eigenvalue weighted by molar-refractivity contribution is 7.07. The second-order valence-electron chi connectivity index (χ2n) is 5.63. The number of nitrogens with one attached hydrogen (secondary N) is 1. The number of hydrogen-bond acceptors (Lipinski definition) is 5. The Morgan fingerprint density at radius 1 is 1.45 bits per heavy atom. The normalized spacial score (nSPS) is 15.2. The van der Waals surface area contributed by atoms with Gasteiger partial charge in [-0.15, -0.1) is 11.3 Å². The molecule has 1 aliphatic rings. The molecule has 0 amide bonds. The van der Waals surface area contributed by atoms with Crippen molar-refractivity contribution in [1.29, 1.82) is 0 Å². The van der Waals surface area contributed by atoms with Crippen molar-refractivity contribution >= 4 is 11.3 Å². The fourth-order valence-electron chi connectivity index (χ4n) is 2.28. The first-order valence-corrected chi connectivity index (χ1v) is 8.02. The number of nitrogens with zero attached hydrogens (tertiary/aromatic N) is 2. The van der Waals surface area contributed by atoms with E-state index in [1.165, 1.54) is 18.4 Å². The van der Waals surface area contributed by atoms with Crippen molar-refractivity contribution in [3.63, 3.8) is 0 Å². The number of hydrogen-bond donors (Lipinski definition) is 1. The molecule has 0 unspecified atom stereocenters. The number of furan rings is 1. The van der Waals surface area contributed by atoms with Gasteiger partial charge in [-0.05, 0) is 38.4 Å². The van der Waals surface area contributed by atoms with Crippen LogP contribution in [0, 0.1) is 6.92 Å². The maximum atomic E-state index is 5.96. The highest BCUT2D eigenvalue weighted by Crippen LogP contribution is 2.21. The van der Waals surface area contributed by atoms with Crippen molar-refractivity contribution in [1.82, 2.24) is 15.2 Å². The zero-order valence-electron chi connectivity index (χ0n) is 12.1. The molecule has 0 bridgehead atoms. The van der Waals surface area contributed by atoms with Crippen LogP contribution in [0.25, 0.3) is 0 Å². The Balaban J connectivity index is 1.54. The first-order valence-electron chi connectivity index (χ1n) is 7.08. The molecule has 0 spiro atoms. The Bertz CT molecular complexity index is 545. The molecule has 4 nitrogen and oxygen atoms in total. The first-order chi connectivity index (χ1) is 9.70. The van der Waals surface area contributed by atoms with E-state index in [9.17, 15) is 0 Å². The number of thiazole rings is 1. The van der Waals surface area contributed by atoms with Gasteiger partial charge in [-0.3, -0.25) is 4.90 Å². The average molecular weight is 291 g/mol. The molecule has 108 valence electrons. The molecule has 0 radical (unpaired) electrons. The molecule has 0 saturated heterocycles. The zero-order valence-corrected chi connectivity index (χ0v) is 12.9. The van der Waals surface area contributed by atoms with Gasteiger partial charge in [0.15, 0.2) is 0 Å². The van der Waals surface area contributed by atoms with Crippen LogP contribution in [0.3, 0.4) is 0 Å². The van der Waals surface area contributed by atoms with E-state index in [0.29, 0.717) is 0 Å². The van der Waals surface area contributed by atoms with Crippen LogP contribution in [0.4, 0.5) is 0 Å². The molecule has 0 aliphatic heterocycles. The largest absolute Gasteiger partial charge is 0.463 e. The van der Waals surface area contributed by atoms with Crippen LogP contribution in [0.5, 0.6) is 0 Å². The molecule has 2 aromatic rings. The third-order valence-corrected chi connectivity index (χ3v) is 4.18. The molecule has 5 heteroatoms. The standard InChI is InChI=1S/C15H21N3OS/c1-11-5-14(19-15(11)6-16-12-3-4-12)8-18(2)7-13-9-20-10-17-13/h5,9-10,12,16H,3-4,6-8H2,1-2H3. The van der Waals surface area contributed by atoms with Crippen LogP contribution >= 0.6 is 11.3 Å². The van der Waals surface area contributed by atoms with Gasteiger partial charge in [0.25, 0.3) is 0 Å². The van der Waals surface area contributed by atoms with Crippen molar-refractivity contribution < 1.29 is 4.42 Å². The van der Waals surface area contributed by atoms with Gasteiger partial charge in [0.05, 0.1) is 24.3 Å². The van der Waals surface area contributed by atoms with E-state index in [4.69, 9.17) is 4.42 Å². The lowest BCUT2D eigenvalue weighted by Gasteiger charge is -2.13. The summed E-state index contributed by atoms with van der Waals surface area (Å²) >= 11 is 1.64. The summed E-state index contributed by atoms with van der Waals surface area (Å²) in [6, 6.07) is 2.87. The van der Waals surface area contributed by atoms with E-state index >= 15 is 0 Å². The fourth-order valence-corrected chi connectivity index (χ4v) is 2.83. The topological polar surface area (TPSA) is 41.3 Å².